The van der Waals surface area contributed by atoms with Crippen molar-refractivity contribution in [2.75, 3.05) is 19.8 Å². The fraction of sp³-hybridized carbons (Fsp3) is 0.385. The van der Waals surface area contributed by atoms with Gasteiger partial charge in [-0.25, -0.2) is 0 Å². The van der Waals surface area contributed by atoms with Gasteiger partial charge in [0.2, 0.25) is 0 Å². The molecule has 1 aromatic rings. The Morgan fingerprint density at radius 2 is 2.19 bits per heavy atom. The van der Waals surface area contributed by atoms with Crippen molar-refractivity contribution in [3.63, 3.8) is 0 Å². The summed E-state index contributed by atoms with van der Waals surface area (Å²) in [7, 11) is 0. The second-order valence-corrected chi connectivity index (χ2v) is 3.46. The predicted octanol–water partition coefficient (Wildman–Crippen LogP) is 1.72. The summed E-state index contributed by atoms with van der Waals surface area (Å²) in [6.07, 6.45) is 2.51. The molecular weight excluding hydrogens is 202 g/mol. The van der Waals surface area contributed by atoms with Crippen molar-refractivity contribution in [3.8, 4) is 5.75 Å². The number of aliphatic hydroxyl groups excluding tert-OH is 1. The number of ether oxygens (including phenoxy) is 1. The molecule has 0 aliphatic carbocycles. The largest absolute Gasteiger partial charge is 0.489 e. The molecule has 1 aromatic carbocycles. The predicted molar refractivity (Wildman–Crippen MR) is 65.5 cm³/mol. The zero-order chi connectivity index (χ0) is 11.6. The minimum atomic E-state index is 0.224. The monoisotopic (exact) mass is 221 g/mol. The minimum absolute atomic E-state index is 0.224. The van der Waals surface area contributed by atoms with Gasteiger partial charge in [-0.15, -0.1) is 0 Å². The fourth-order valence-corrected chi connectivity index (χ4v) is 1.37. The Bertz CT molecular complexity index is 313. The minimum Gasteiger partial charge on any atom is -0.489 e. The lowest BCUT2D eigenvalue weighted by Crippen LogP contribution is -2.16. The average Bonchev–Trinajstić information content (AvgIpc) is 2.33. The van der Waals surface area contributed by atoms with Crippen LogP contribution in [0.1, 0.15) is 12.0 Å². The molecule has 0 bridgehead atoms. The smallest absolute Gasteiger partial charge is 0.124 e. The van der Waals surface area contributed by atoms with Crippen LogP contribution < -0.4 is 10.1 Å². The van der Waals surface area contributed by atoms with Gasteiger partial charge in [-0.1, -0.05) is 30.9 Å². The molecule has 1 rings (SSSR count). The van der Waals surface area contributed by atoms with E-state index in [2.05, 4.69) is 11.9 Å². The van der Waals surface area contributed by atoms with Crippen molar-refractivity contribution >= 4 is 0 Å². The standard InChI is InChI=1S/C13H19NO2/c1-2-10-16-13-7-4-3-6-12(13)11-14-8-5-9-15/h2-4,6-7,14-15H,1,5,8-11H2. The molecule has 0 radical (unpaired) electrons. The topological polar surface area (TPSA) is 41.5 Å². The van der Waals surface area contributed by atoms with E-state index in [9.17, 15) is 0 Å². The van der Waals surface area contributed by atoms with Gasteiger partial charge < -0.3 is 15.2 Å². The molecule has 16 heavy (non-hydrogen) atoms. The normalized spacial score (nSPS) is 10.1. The van der Waals surface area contributed by atoms with Crippen molar-refractivity contribution in [2.45, 2.75) is 13.0 Å². The zero-order valence-corrected chi connectivity index (χ0v) is 9.48. The van der Waals surface area contributed by atoms with E-state index in [1.54, 1.807) is 6.08 Å². The fourth-order valence-electron chi connectivity index (χ4n) is 1.37. The lowest BCUT2D eigenvalue weighted by Gasteiger charge is -2.10. The molecule has 0 heterocycles. The SMILES string of the molecule is C=CCOc1ccccc1CNCCCO. The molecule has 2 N–H and O–H groups in total. The zero-order valence-electron chi connectivity index (χ0n) is 9.48. The van der Waals surface area contributed by atoms with E-state index >= 15 is 0 Å². The molecule has 0 atom stereocenters. The Morgan fingerprint density at radius 1 is 1.38 bits per heavy atom. The third kappa shape index (κ3) is 4.47. The summed E-state index contributed by atoms with van der Waals surface area (Å²) in [4.78, 5) is 0. The maximum atomic E-state index is 8.66. The van der Waals surface area contributed by atoms with Gasteiger partial charge in [-0.05, 0) is 19.0 Å². The van der Waals surface area contributed by atoms with E-state index in [1.165, 1.54) is 0 Å². The molecule has 0 aliphatic rings. The first kappa shape index (κ1) is 12.7. The quantitative estimate of drug-likeness (QED) is 0.519. The third-order valence-electron chi connectivity index (χ3n) is 2.16. The van der Waals surface area contributed by atoms with Crippen LogP contribution in [0.25, 0.3) is 0 Å². The van der Waals surface area contributed by atoms with E-state index in [0.717, 1.165) is 30.8 Å². The summed E-state index contributed by atoms with van der Waals surface area (Å²) in [5, 5.41) is 11.9. The van der Waals surface area contributed by atoms with Gasteiger partial charge in [0.05, 0.1) is 0 Å². The Kier molecular flexibility index (Phi) is 6.30. The molecule has 3 nitrogen and oxygen atoms in total. The first-order valence-electron chi connectivity index (χ1n) is 5.51. The van der Waals surface area contributed by atoms with Crippen LogP contribution in [-0.2, 0) is 6.54 Å². The van der Waals surface area contributed by atoms with Gasteiger partial charge in [-0.3, -0.25) is 0 Å². The lowest BCUT2D eigenvalue weighted by molar-refractivity contribution is 0.285. The second kappa shape index (κ2) is 7.91. The number of nitrogens with one attached hydrogen (secondary N) is 1. The second-order valence-electron chi connectivity index (χ2n) is 3.46. The molecule has 0 saturated heterocycles. The third-order valence-corrected chi connectivity index (χ3v) is 2.16. The van der Waals surface area contributed by atoms with E-state index < -0.39 is 0 Å². The molecule has 88 valence electrons. The number of hydrogen-bond acceptors (Lipinski definition) is 3. The number of hydrogen-bond donors (Lipinski definition) is 2. The summed E-state index contributed by atoms with van der Waals surface area (Å²) in [5.74, 6) is 0.888. The van der Waals surface area contributed by atoms with E-state index in [0.29, 0.717) is 6.61 Å². The maximum absolute atomic E-state index is 8.66. The maximum Gasteiger partial charge on any atom is 0.124 e. The van der Waals surface area contributed by atoms with Crippen LogP contribution in [-0.4, -0.2) is 24.9 Å². The Morgan fingerprint density at radius 3 is 2.94 bits per heavy atom. The van der Waals surface area contributed by atoms with Gasteiger partial charge >= 0.3 is 0 Å². The van der Waals surface area contributed by atoms with E-state index in [-0.39, 0.29) is 6.61 Å². The van der Waals surface area contributed by atoms with Gasteiger partial charge in [0.15, 0.2) is 0 Å². The van der Waals surface area contributed by atoms with Gasteiger partial charge in [-0.2, -0.15) is 0 Å². The number of aliphatic hydroxyl groups is 1. The Balaban J connectivity index is 2.46. The van der Waals surface area contributed by atoms with Crippen LogP contribution in [0, 0.1) is 0 Å². The molecule has 3 heteroatoms. The molecule has 0 spiro atoms. The highest BCUT2D eigenvalue weighted by molar-refractivity contribution is 5.33. The van der Waals surface area contributed by atoms with Crippen molar-refractivity contribution < 1.29 is 9.84 Å². The van der Waals surface area contributed by atoms with Gasteiger partial charge in [0, 0.05) is 18.7 Å². The van der Waals surface area contributed by atoms with Gasteiger partial charge in [0.25, 0.3) is 0 Å². The number of rotatable bonds is 8. The van der Waals surface area contributed by atoms with Crippen LogP contribution in [0.15, 0.2) is 36.9 Å². The molecular formula is C13H19NO2. The molecule has 0 saturated carbocycles. The van der Waals surface area contributed by atoms with Crippen LogP contribution in [0.2, 0.25) is 0 Å². The summed E-state index contributed by atoms with van der Waals surface area (Å²) < 4.78 is 5.54. The van der Waals surface area contributed by atoms with Crippen molar-refractivity contribution in [3.05, 3.63) is 42.5 Å². The van der Waals surface area contributed by atoms with Gasteiger partial charge in [0.1, 0.15) is 12.4 Å². The molecule has 0 aliphatic heterocycles. The van der Waals surface area contributed by atoms with E-state index in [4.69, 9.17) is 9.84 Å². The highest BCUT2D eigenvalue weighted by atomic mass is 16.5. The van der Waals surface area contributed by atoms with Crippen molar-refractivity contribution in [2.24, 2.45) is 0 Å². The first-order valence-corrected chi connectivity index (χ1v) is 5.51. The Hall–Kier alpha value is -1.32. The highest BCUT2D eigenvalue weighted by Gasteiger charge is 2.01. The van der Waals surface area contributed by atoms with Crippen LogP contribution in [0.5, 0.6) is 5.75 Å². The summed E-state index contributed by atoms with van der Waals surface area (Å²) in [6.45, 7) is 5.94. The number of para-hydroxylation sites is 1. The molecule has 0 fully saturated rings. The van der Waals surface area contributed by atoms with Crippen molar-refractivity contribution in [1.29, 1.82) is 0 Å². The lowest BCUT2D eigenvalue weighted by atomic mass is 10.2. The van der Waals surface area contributed by atoms with Crippen molar-refractivity contribution in [1.82, 2.24) is 5.32 Å². The number of benzene rings is 1. The highest BCUT2D eigenvalue weighted by Crippen LogP contribution is 2.17. The van der Waals surface area contributed by atoms with Crippen LogP contribution in [0.3, 0.4) is 0 Å². The van der Waals surface area contributed by atoms with E-state index in [1.807, 2.05) is 24.3 Å². The summed E-state index contributed by atoms with van der Waals surface area (Å²) in [5.41, 5.74) is 1.13. The van der Waals surface area contributed by atoms with Crippen LogP contribution >= 0.6 is 0 Å². The first-order chi connectivity index (χ1) is 7.88. The molecule has 0 unspecified atom stereocenters. The Labute approximate surface area is 96.8 Å². The average molecular weight is 221 g/mol. The summed E-state index contributed by atoms with van der Waals surface area (Å²) >= 11 is 0. The molecule has 0 amide bonds. The summed E-state index contributed by atoms with van der Waals surface area (Å²) in [6, 6.07) is 7.93. The molecule has 0 aromatic heterocycles. The van der Waals surface area contributed by atoms with Crippen LogP contribution in [0.4, 0.5) is 0 Å².